The first-order valence-electron chi connectivity index (χ1n) is 5.94. The average Bonchev–Trinajstić information content (AvgIpc) is 2.40. The van der Waals surface area contributed by atoms with E-state index in [1.165, 1.54) is 0 Å². The van der Waals surface area contributed by atoms with Gasteiger partial charge in [0, 0.05) is 5.41 Å². The Bertz CT molecular complexity index is 605. The van der Waals surface area contributed by atoms with E-state index >= 15 is 0 Å². The standard InChI is InChI=1S/C15H10Br2F4/c1-15(2,7-3-9(18)13(16)10(19)4-7)8-5-11(20)14(17)12(21)6-8/h3-6H,1-2H3. The van der Waals surface area contributed by atoms with Crippen LogP contribution in [0.1, 0.15) is 25.0 Å². The number of halogens is 6. The fourth-order valence-electron chi connectivity index (χ4n) is 2.00. The summed E-state index contributed by atoms with van der Waals surface area (Å²) < 4.78 is 54.1. The van der Waals surface area contributed by atoms with E-state index in [9.17, 15) is 17.6 Å². The first-order valence-corrected chi connectivity index (χ1v) is 7.53. The molecule has 0 radical (unpaired) electrons. The second-order valence-electron chi connectivity index (χ2n) is 5.13. The van der Waals surface area contributed by atoms with Gasteiger partial charge in [0.25, 0.3) is 0 Å². The third-order valence-electron chi connectivity index (χ3n) is 3.41. The summed E-state index contributed by atoms with van der Waals surface area (Å²) in [6.45, 7) is 3.27. The molecule has 2 aromatic carbocycles. The van der Waals surface area contributed by atoms with Gasteiger partial charge >= 0.3 is 0 Å². The van der Waals surface area contributed by atoms with Crippen molar-refractivity contribution in [1.82, 2.24) is 0 Å². The molecule has 0 aliphatic carbocycles. The molecule has 0 N–H and O–H groups in total. The zero-order valence-corrected chi connectivity index (χ0v) is 14.2. The minimum Gasteiger partial charge on any atom is -0.206 e. The van der Waals surface area contributed by atoms with E-state index in [1.54, 1.807) is 13.8 Å². The molecule has 0 fully saturated rings. The van der Waals surface area contributed by atoms with Crippen LogP contribution < -0.4 is 0 Å². The number of rotatable bonds is 2. The van der Waals surface area contributed by atoms with Crippen LogP contribution in [-0.2, 0) is 5.41 Å². The first-order chi connectivity index (χ1) is 9.64. The van der Waals surface area contributed by atoms with Crippen molar-refractivity contribution < 1.29 is 17.6 Å². The molecular weight excluding hydrogens is 416 g/mol. The highest BCUT2D eigenvalue weighted by atomic mass is 79.9. The van der Waals surface area contributed by atoms with Crippen molar-refractivity contribution in [3.05, 3.63) is 67.6 Å². The predicted octanol–water partition coefficient (Wildman–Crippen LogP) is 6.09. The lowest BCUT2D eigenvalue weighted by Crippen LogP contribution is -2.20. The fourth-order valence-corrected chi connectivity index (χ4v) is 2.46. The molecule has 6 heteroatoms. The molecule has 0 unspecified atom stereocenters. The highest BCUT2D eigenvalue weighted by molar-refractivity contribution is 9.10. The van der Waals surface area contributed by atoms with Crippen molar-refractivity contribution in [3.63, 3.8) is 0 Å². The van der Waals surface area contributed by atoms with Crippen molar-refractivity contribution in [1.29, 1.82) is 0 Å². The minimum atomic E-state index is -0.968. The smallest absolute Gasteiger partial charge is 0.140 e. The van der Waals surface area contributed by atoms with Crippen LogP contribution in [-0.4, -0.2) is 0 Å². The SMILES string of the molecule is CC(C)(c1cc(F)c(Br)c(F)c1)c1cc(F)c(Br)c(F)c1. The molecular formula is C15H10Br2F4. The molecule has 0 atom stereocenters. The lowest BCUT2D eigenvalue weighted by atomic mass is 9.78. The number of benzene rings is 2. The average molecular weight is 426 g/mol. The molecule has 0 bridgehead atoms. The molecule has 0 aliphatic rings. The normalized spacial score (nSPS) is 11.8. The highest BCUT2D eigenvalue weighted by Crippen LogP contribution is 2.36. The minimum absolute atomic E-state index is 0.268. The molecule has 0 aliphatic heterocycles. The Morgan fingerprint density at radius 3 is 1.14 bits per heavy atom. The molecule has 112 valence electrons. The predicted molar refractivity (Wildman–Crippen MR) is 80.2 cm³/mol. The molecule has 21 heavy (non-hydrogen) atoms. The van der Waals surface area contributed by atoms with Crippen molar-refractivity contribution in [2.24, 2.45) is 0 Å². The van der Waals surface area contributed by atoms with E-state index in [0.29, 0.717) is 0 Å². The Balaban J connectivity index is 2.61. The second kappa shape index (κ2) is 5.72. The van der Waals surface area contributed by atoms with Gasteiger partial charge in [-0.15, -0.1) is 0 Å². The Labute approximate surface area is 136 Å². The van der Waals surface area contributed by atoms with E-state index in [-0.39, 0.29) is 20.1 Å². The van der Waals surface area contributed by atoms with Crippen LogP contribution in [0.5, 0.6) is 0 Å². The summed E-state index contributed by atoms with van der Waals surface area (Å²) in [7, 11) is 0. The molecule has 0 saturated carbocycles. The molecule has 0 spiro atoms. The quantitative estimate of drug-likeness (QED) is 0.403. The first kappa shape index (κ1) is 16.5. The van der Waals surface area contributed by atoms with Crippen molar-refractivity contribution >= 4 is 31.9 Å². The number of hydrogen-bond acceptors (Lipinski definition) is 0. The van der Waals surface area contributed by atoms with Crippen LogP contribution in [0.2, 0.25) is 0 Å². The summed E-state index contributed by atoms with van der Waals surface area (Å²) >= 11 is 5.59. The molecule has 0 saturated heterocycles. The van der Waals surface area contributed by atoms with Gasteiger partial charge in [-0.05, 0) is 67.3 Å². The zero-order chi connectivity index (χ0) is 15.9. The van der Waals surface area contributed by atoms with Crippen molar-refractivity contribution in [2.45, 2.75) is 19.3 Å². The largest absolute Gasteiger partial charge is 0.206 e. The Kier molecular flexibility index (Phi) is 4.49. The monoisotopic (exact) mass is 424 g/mol. The van der Waals surface area contributed by atoms with Gasteiger partial charge in [-0.2, -0.15) is 0 Å². The Morgan fingerprint density at radius 2 is 0.905 bits per heavy atom. The van der Waals surface area contributed by atoms with Crippen LogP contribution >= 0.6 is 31.9 Å². The van der Waals surface area contributed by atoms with Crippen LogP contribution in [0.15, 0.2) is 33.2 Å². The third kappa shape index (κ3) is 3.01. The lowest BCUT2D eigenvalue weighted by Gasteiger charge is -2.27. The lowest BCUT2D eigenvalue weighted by molar-refractivity contribution is 0.538. The molecule has 0 aromatic heterocycles. The van der Waals surface area contributed by atoms with Crippen LogP contribution in [0.4, 0.5) is 17.6 Å². The van der Waals surface area contributed by atoms with Gasteiger partial charge in [-0.1, -0.05) is 13.8 Å². The Morgan fingerprint density at radius 1 is 0.667 bits per heavy atom. The van der Waals surface area contributed by atoms with Crippen LogP contribution in [0, 0.1) is 23.3 Å². The van der Waals surface area contributed by atoms with E-state index in [2.05, 4.69) is 31.9 Å². The van der Waals surface area contributed by atoms with Gasteiger partial charge in [-0.25, -0.2) is 17.6 Å². The fraction of sp³-hybridized carbons (Fsp3) is 0.200. The molecule has 2 aromatic rings. The third-order valence-corrected chi connectivity index (χ3v) is 4.93. The second-order valence-corrected chi connectivity index (χ2v) is 6.72. The summed E-state index contributed by atoms with van der Waals surface area (Å²) in [4.78, 5) is 0. The summed E-state index contributed by atoms with van der Waals surface area (Å²) in [5.74, 6) is -3.07. The summed E-state index contributed by atoms with van der Waals surface area (Å²) in [6.07, 6.45) is 0. The van der Waals surface area contributed by atoms with E-state index in [1.807, 2.05) is 0 Å². The van der Waals surface area contributed by atoms with E-state index in [4.69, 9.17) is 0 Å². The number of hydrogen-bond donors (Lipinski definition) is 0. The summed E-state index contributed by atoms with van der Waals surface area (Å²) in [5.41, 5.74) is -0.409. The van der Waals surface area contributed by atoms with E-state index in [0.717, 1.165) is 24.3 Å². The summed E-state index contributed by atoms with van der Waals surface area (Å²) in [6, 6.07) is 4.58. The van der Waals surface area contributed by atoms with Gasteiger partial charge in [0.15, 0.2) is 0 Å². The maximum Gasteiger partial charge on any atom is 0.140 e. The van der Waals surface area contributed by atoms with Gasteiger partial charge < -0.3 is 0 Å². The van der Waals surface area contributed by atoms with Crippen LogP contribution in [0.3, 0.4) is 0 Å². The van der Waals surface area contributed by atoms with Gasteiger partial charge in [-0.3, -0.25) is 0 Å². The maximum atomic E-state index is 13.7. The van der Waals surface area contributed by atoms with Gasteiger partial charge in [0.2, 0.25) is 0 Å². The molecule has 0 heterocycles. The highest BCUT2D eigenvalue weighted by Gasteiger charge is 2.27. The maximum absolute atomic E-state index is 13.7. The molecule has 0 amide bonds. The summed E-state index contributed by atoms with van der Waals surface area (Å²) in [5, 5.41) is 0. The van der Waals surface area contributed by atoms with Crippen molar-refractivity contribution in [2.75, 3.05) is 0 Å². The molecule has 0 nitrogen and oxygen atoms in total. The molecule has 2 rings (SSSR count). The van der Waals surface area contributed by atoms with E-state index < -0.39 is 28.7 Å². The Hall–Kier alpha value is -0.880. The van der Waals surface area contributed by atoms with Gasteiger partial charge in [0.1, 0.15) is 23.3 Å². The van der Waals surface area contributed by atoms with Crippen LogP contribution in [0.25, 0.3) is 0 Å². The topological polar surface area (TPSA) is 0 Å². The zero-order valence-electron chi connectivity index (χ0n) is 11.1. The van der Waals surface area contributed by atoms with Crippen molar-refractivity contribution in [3.8, 4) is 0 Å². The van der Waals surface area contributed by atoms with Gasteiger partial charge in [0.05, 0.1) is 8.95 Å².